The zero-order valence-corrected chi connectivity index (χ0v) is 14.6. The zero-order chi connectivity index (χ0) is 16.5. The number of hydrogen-bond donors (Lipinski definition) is 0. The Kier molecular flexibility index (Phi) is 4.75. The molecule has 1 aromatic heterocycles. The molecule has 0 saturated carbocycles. The summed E-state index contributed by atoms with van der Waals surface area (Å²) in [5.41, 5.74) is -0.0688. The quantitative estimate of drug-likeness (QED) is 0.798. The van der Waals surface area contributed by atoms with Crippen LogP contribution in [0.15, 0.2) is 4.52 Å². The Hall–Kier alpha value is -0.990. The molecule has 2 fully saturated rings. The second-order valence-corrected chi connectivity index (χ2v) is 9.30. The van der Waals surface area contributed by atoms with Gasteiger partial charge in [0.25, 0.3) is 0 Å². The van der Waals surface area contributed by atoms with Gasteiger partial charge in [-0.2, -0.15) is 4.98 Å². The first-order valence-electron chi connectivity index (χ1n) is 8.22. The normalized spacial score (nSPS) is 28.0. The van der Waals surface area contributed by atoms with Gasteiger partial charge >= 0.3 is 0 Å². The minimum Gasteiger partial charge on any atom is -0.371 e. The minimum absolute atomic E-state index is 0.0688. The van der Waals surface area contributed by atoms with Gasteiger partial charge in [0.15, 0.2) is 15.7 Å². The van der Waals surface area contributed by atoms with Gasteiger partial charge in [0.2, 0.25) is 5.89 Å². The van der Waals surface area contributed by atoms with Crippen molar-refractivity contribution in [2.24, 2.45) is 5.41 Å². The first-order chi connectivity index (χ1) is 10.9. The van der Waals surface area contributed by atoms with Crippen molar-refractivity contribution in [3.05, 3.63) is 11.7 Å². The fourth-order valence-electron chi connectivity index (χ4n) is 3.60. The lowest BCUT2D eigenvalue weighted by Gasteiger charge is -2.39. The maximum atomic E-state index is 11.8. The summed E-state index contributed by atoms with van der Waals surface area (Å²) in [6, 6.07) is 0. The average molecular weight is 343 g/mol. The summed E-state index contributed by atoms with van der Waals surface area (Å²) in [5, 5.41) is 3.93. The molecule has 23 heavy (non-hydrogen) atoms. The van der Waals surface area contributed by atoms with Crippen LogP contribution in [0.4, 0.5) is 0 Å². The molecule has 0 bridgehead atoms. The first-order valence-corrected chi connectivity index (χ1v) is 10.0. The number of nitrogens with zero attached hydrogens (tertiary/aromatic N) is 3. The Labute approximate surface area is 137 Å². The predicted molar refractivity (Wildman–Crippen MR) is 84.4 cm³/mol. The summed E-state index contributed by atoms with van der Waals surface area (Å²) in [6.45, 7) is 6.60. The van der Waals surface area contributed by atoms with Crippen LogP contribution in [0.25, 0.3) is 0 Å². The van der Waals surface area contributed by atoms with Gasteiger partial charge in [0.05, 0.1) is 24.2 Å². The van der Waals surface area contributed by atoms with E-state index in [2.05, 4.69) is 15.0 Å². The molecule has 130 valence electrons. The van der Waals surface area contributed by atoms with Crippen LogP contribution < -0.4 is 0 Å². The largest absolute Gasteiger partial charge is 0.371 e. The number of ether oxygens (including phenoxy) is 1. The monoisotopic (exact) mass is 343 g/mol. The lowest BCUT2D eigenvalue weighted by Crippen LogP contribution is -2.43. The Balaban J connectivity index is 1.58. The van der Waals surface area contributed by atoms with Crippen LogP contribution in [0.3, 0.4) is 0 Å². The van der Waals surface area contributed by atoms with Crippen molar-refractivity contribution in [2.45, 2.75) is 52.4 Å². The molecular formula is C15H25N3O4S. The van der Waals surface area contributed by atoms with E-state index in [0.29, 0.717) is 36.4 Å². The summed E-state index contributed by atoms with van der Waals surface area (Å²) in [6.07, 6.45) is 2.93. The van der Waals surface area contributed by atoms with Crippen LogP contribution in [0, 0.1) is 5.41 Å². The molecular weight excluding hydrogens is 318 g/mol. The van der Waals surface area contributed by atoms with Crippen molar-refractivity contribution < 1.29 is 17.7 Å². The van der Waals surface area contributed by atoms with Crippen LogP contribution in [0.2, 0.25) is 0 Å². The van der Waals surface area contributed by atoms with Crippen LogP contribution in [-0.4, -0.2) is 54.2 Å². The number of rotatable bonds is 5. The molecule has 3 rings (SSSR count). The Morgan fingerprint density at radius 2 is 2.22 bits per heavy atom. The van der Waals surface area contributed by atoms with Crippen molar-refractivity contribution >= 4 is 9.84 Å². The topological polar surface area (TPSA) is 85.5 Å². The number of hydrogen-bond acceptors (Lipinski definition) is 7. The van der Waals surface area contributed by atoms with E-state index in [4.69, 9.17) is 9.26 Å². The molecule has 7 nitrogen and oxygen atoms in total. The molecule has 1 aromatic rings. The summed E-state index contributed by atoms with van der Waals surface area (Å²) >= 11 is 0. The first kappa shape index (κ1) is 16.9. The lowest BCUT2D eigenvalue weighted by atomic mass is 9.79. The summed E-state index contributed by atoms with van der Waals surface area (Å²) in [5.74, 6) is 1.79. The third-order valence-corrected chi connectivity index (χ3v) is 6.50. The van der Waals surface area contributed by atoms with Gasteiger partial charge < -0.3 is 9.26 Å². The second-order valence-electron chi connectivity index (χ2n) is 7.12. The van der Waals surface area contributed by atoms with Crippen molar-refractivity contribution in [3.63, 3.8) is 0 Å². The molecule has 2 aliphatic rings. The smallest absolute Gasteiger partial charge is 0.240 e. The molecule has 2 saturated heterocycles. The number of likely N-dealkylation sites (tertiary alicyclic amines) is 1. The third kappa shape index (κ3) is 4.30. The van der Waals surface area contributed by atoms with Gasteiger partial charge in [-0.05, 0) is 45.1 Å². The van der Waals surface area contributed by atoms with Crippen LogP contribution >= 0.6 is 0 Å². The Morgan fingerprint density at radius 3 is 2.91 bits per heavy atom. The van der Waals surface area contributed by atoms with Gasteiger partial charge in [-0.3, -0.25) is 4.90 Å². The van der Waals surface area contributed by atoms with Gasteiger partial charge in [-0.1, -0.05) is 5.16 Å². The van der Waals surface area contributed by atoms with E-state index >= 15 is 0 Å². The van der Waals surface area contributed by atoms with E-state index < -0.39 is 9.84 Å². The minimum atomic E-state index is -2.86. The van der Waals surface area contributed by atoms with E-state index in [0.717, 1.165) is 32.4 Å². The number of sulfone groups is 1. The molecule has 0 N–H and O–H groups in total. The van der Waals surface area contributed by atoms with Gasteiger partial charge in [-0.25, -0.2) is 8.42 Å². The second kappa shape index (κ2) is 6.49. The molecule has 8 heteroatoms. The number of piperidine rings is 1. The standard InChI is InChI=1S/C15H25N3O4S/c1-12(2)21-9-13-16-14(22-17-13)8-18-6-3-4-15(10-18)5-7-23(19,20)11-15/h12H,3-11H2,1-2H3. The zero-order valence-electron chi connectivity index (χ0n) is 13.8. The molecule has 1 unspecified atom stereocenters. The predicted octanol–water partition coefficient (Wildman–Crippen LogP) is 1.40. The molecule has 0 aromatic carbocycles. The summed E-state index contributed by atoms with van der Waals surface area (Å²) < 4.78 is 34.4. The highest BCUT2D eigenvalue weighted by atomic mass is 32.2. The molecule has 1 atom stereocenters. The molecule has 0 amide bonds. The average Bonchev–Trinajstić information content (AvgIpc) is 3.02. The Morgan fingerprint density at radius 1 is 1.39 bits per heavy atom. The molecule has 0 radical (unpaired) electrons. The molecule has 1 spiro atoms. The van der Waals surface area contributed by atoms with E-state index in [1.54, 1.807) is 0 Å². The SMILES string of the molecule is CC(C)OCc1noc(CN2CCCC3(CCS(=O)(=O)C3)C2)n1. The highest BCUT2D eigenvalue weighted by molar-refractivity contribution is 7.91. The highest BCUT2D eigenvalue weighted by Crippen LogP contribution is 2.40. The highest BCUT2D eigenvalue weighted by Gasteiger charge is 2.44. The molecule has 2 aliphatic heterocycles. The third-order valence-electron chi connectivity index (χ3n) is 4.62. The Bertz CT molecular complexity index is 643. The van der Waals surface area contributed by atoms with Crippen molar-refractivity contribution in [1.29, 1.82) is 0 Å². The van der Waals surface area contributed by atoms with Gasteiger partial charge in [-0.15, -0.1) is 0 Å². The van der Waals surface area contributed by atoms with E-state index in [1.165, 1.54) is 0 Å². The summed E-state index contributed by atoms with van der Waals surface area (Å²) in [4.78, 5) is 6.60. The lowest BCUT2D eigenvalue weighted by molar-refractivity contribution is 0.0601. The fourth-order valence-corrected chi connectivity index (χ4v) is 5.80. The van der Waals surface area contributed by atoms with Crippen LogP contribution in [0.1, 0.15) is 44.8 Å². The van der Waals surface area contributed by atoms with Crippen LogP contribution in [-0.2, 0) is 27.7 Å². The fraction of sp³-hybridized carbons (Fsp3) is 0.867. The van der Waals surface area contributed by atoms with Gasteiger partial charge in [0, 0.05) is 6.54 Å². The van der Waals surface area contributed by atoms with Crippen molar-refractivity contribution in [3.8, 4) is 0 Å². The molecule has 3 heterocycles. The number of aromatic nitrogens is 2. The summed E-state index contributed by atoms with van der Waals surface area (Å²) in [7, 11) is -2.86. The van der Waals surface area contributed by atoms with Gasteiger partial charge in [0.1, 0.15) is 6.61 Å². The van der Waals surface area contributed by atoms with Crippen molar-refractivity contribution in [1.82, 2.24) is 15.0 Å². The van der Waals surface area contributed by atoms with Crippen LogP contribution in [0.5, 0.6) is 0 Å². The maximum absolute atomic E-state index is 11.8. The molecule has 0 aliphatic carbocycles. The van der Waals surface area contributed by atoms with E-state index in [1.807, 2.05) is 13.8 Å². The van der Waals surface area contributed by atoms with Crippen molar-refractivity contribution in [2.75, 3.05) is 24.6 Å². The van der Waals surface area contributed by atoms with E-state index in [9.17, 15) is 8.42 Å². The maximum Gasteiger partial charge on any atom is 0.240 e. The van der Waals surface area contributed by atoms with E-state index in [-0.39, 0.29) is 11.5 Å².